The van der Waals surface area contributed by atoms with Crippen LogP contribution in [0.25, 0.3) is 0 Å². The van der Waals surface area contributed by atoms with Crippen LogP contribution >= 0.6 is 0 Å². The summed E-state index contributed by atoms with van der Waals surface area (Å²) in [6.07, 6.45) is -4.32. The third kappa shape index (κ3) is 1.85. The Labute approximate surface area is 92.0 Å². The first-order valence-corrected chi connectivity index (χ1v) is 5.42. The third-order valence-electron chi connectivity index (χ3n) is 3.91. The van der Waals surface area contributed by atoms with Crippen LogP contribution in [0.5, 0.6) is 0 Å². The quantitative estimate of drug-likeness (QED) is 0.740. The molecule has 0 radical (unpaired) electrons. The second-order valence-electron chi connectivity index (χ2n) is 4.85. The summed E-state index contributed by atoms with van der Waals surface area (Å²) in [7, 11) is 0. The molecule has 1 aliphatic heterocycles. The molecule has 2 aliphatic rings. The predicted molar refractivity (Wildman–Crippen MR) is 51.8 cm³/mol. The highest BCUT2D eigenvalue weighted by molar-refractivity contribution is 5.76. The number of carbonyl (C=O) groups is 1. The highest BCUT2D eigenvalue weighted by Gasteiger charge is 2.51. The van der Waals surface area contributed by atoms with Gasteiger partial charge in [0.05, 0.1) is 0 Å². The number of alkyl halides is 3. The molecule has 0 aromatic carbocycles. The highest BCUT2D eigenvalue weighted by Crippen LogP contribution is 2.42. The van der Waals surface area contributed by atoms with Crippen molar-refractivity contribution in [3.05, 3.63) is 0 Å². The van der Waals surface area contributed by atoms with Crippen molar-refractivity contribution in [3.8, 4) is 0 Å². The molecule has 1 aliphatic carbocycles. The van der Waals surface area contributed by atoms with Gasteiger partial charge in [-0.2, -0.15) is 13.2 Å². The van der Waals surface area contributed by atoms with E-state index in [1.54, 1.807) is 0 Å². The first-order valence-electron chi connectivity index (χ1n) is 5.42. The molecular weight excluding hydrogens is 221 g/mol. The number of amides is 2. The molecular formula is C10H15F3N2O. The van der Waals surface area contributed by atoms with Crippen molar-refractivity contribution in [1.82, 2.24) is 10.2 Å². The minimum Gasteiger partial charge on any atom is -0.335 e. The summed E-state index contributed by atoms with van der Waals surface area (Å²) in [6.45, 7) is 3.12. The monoisotopic (exact) mass is 236 g/mol. The lowest BCUT2D eigenvalue weighted by Crippen LogP contribution is -2.68. The fourth-order valence-electron chi connectivity index (χ4n) is 2.73. The van der Waals surface area contributed by atoms with Crippen molar-refractivity contribution in [2.75, 3.05) is 13.1 Å². The Bertz CT molecular complexity index is 305. The number of fused-ring (bicyclic) bond motifs is 1. The number of urea groups is 1. The number of hydrogen-bond acceptors (Lipinski definition) is 1. The zero-order valence-electron chi connectivity index (χ0n) is 9.21. The standard InChI is InChI=1S/C10H15F3N2O/c1-5-6(2)8-7(5)3-15(9(16)14-8)4-10(11,12)13/h5-8H,3-4H2,1-2H3,(H,14,16). The van der Waals surface area contributed by atoms with Gasteiger partial charge in [0.25, 0.3) is 0 Å². The van der Waals surface area contributed by atoms with Crippen molar-refractivity contribution in [2.24, 2.45) is 17.8 Å². The molecule has 2 amide bonds. The molecule has 4 unspecified atom stereocenters. The van der Waals surface area contributed by atoms with Gasteiger partial charge in [0.2, 0.25) is 0 Å². The molecule has 0 bridgehead atoms. The zero-order valence-corrected chi connectivity index (χ0v) is 9.21. The molecule has 6 heteroatoms. The van der Waals surface area contributed by atoms with Gasteiger partial charge >= 0.3 is 12.2 Å². The summed E-state index contributed by atoms with van der Waals surface area (Å²) in [5.74, 6) is 0.901. The van der Waals surface area contributed by atoms with Crippen LogP contribution < -0.4 is 5.32 Å². The van der Waals surface area contributed by atoms with E-state index in [4.69, 9.17) is 0 Å². The van der Waals surface area contributed by atoms with Gasteiger partial charge in [0.15, 0.2) is 0 Å². The van der Waals surface area contributed by atoms with Gasteiger partial charge in [-0.1, -0.05) is 13.8 Å². The molecule has 1 saturated heterocycles. The van der Waals surface area contributed by atoms with E-state index in [-0.39, 0.29) is 18.5 Å². The summed E-state index contributed by atoms with van der Waals surface area (Å²) in [6, 6.07) is -0.524. The van der Waals surface area contributed by atoms with Crippen LogP contribution in [0.1, 0.15) is 13.8 Å². The second-order valence-corrected chi connectivity index (χ2v) is 4.85. The molecule has 1 saturated carbocycles. The van der Waals surface area contributed by atoms with E-state index < -0.39 is 18.8 Å². The van der Waals surface area contributed by atoms with Gasteiger partial charge < -0.3 is 10.2 Å². The Morgan fingerprint density at radius 1 is 1.38 bits per heavy atom. The highest BCUT2D eigenvalue weighted by atomic mass is 19.4. The van der Waals surface area contributed by atoms with Gasteiger partial charge in [0, 0.05) is 18.5 Å². The molecule has 0 aromatic heterocycles. The summed E-state index contributed by atoms with van der Waals surface area (Å²) in [5, 5.41) is 2.66. The summed E-state index contributed by atoms with van der Waals surface area (Å²) in [4.78, 5) is 12.3. The van der Waals surface area contributed by atoms with Crippen molar-refractivity contribution >= 4 is 6.03 Å². The van der Waals surface area contributed by atoms with E-state index in [1.165, 1.54) is 0 Å². The fourth-order valence-corrected chi connectivity index (χ4v) is 2.73. The van der Waals surface area contributed by atoms with Gasteiger partial charge in [-0.05, 0) is 11.8 Å². The number of hydrogen-bond donors (Lipinski definition) is 1. The lowest BCUT2D eigenvalue weighted by Gasteiger charge is -2.54. The molecule has 16 heavy (non-hydrogen) atoms. The van der Waals surface area contributed by atoms with E-state index in [0.29, 0.717) is 11.8 Å². The average molecular weight is 236 g/mol. The minimum absolute atomic E-state index is 0.0620. The fraction of sp³-hybridized carbons (Fsp3) is 0.900. The lowest BCUT2D eigenvalue weighted by molar-refractivity contribution is -0.147. The Morgan fingerprint density at radius 3 is 2.56 bits per heavy atom. The first-order chi connectivity index (χ1) is 7.29. The molecule has 0 spiro atoms. The predicted octanol–water partition coefficient (Wildman–Crippen LogP) is 1.84. The lowest BCUT2D eigenvalue weighted by atomic mass is 9.61. The molecule has 0 aromatic rings. The van der Waals surface area contributed by atoms with E-state index in [2.05, 4.69) is 5.32 Å². The van der Waals surface area contributed by atoms with Crippen molar-refractivity contribution in [1.29, 1.82) is 0 Å². The third-order valence-corrected chi connectivity index (χ3v) is 3.91. The van der Waals surface area contributed by atoms with Crippen LogP contribution in [0.2, 0.25) is 0 Å². The van der Waals surface area contributed by atoms with E-state index in [1.807, 2.05) is 13.8 Å². The van der Waals surface area contributed by atoms with Gasteiger partial charge in [0.1, 0.15) is 6.54 Å². The van der Waals surface area contributed by atoms with Gasteiger partial charge in [-0.3, -0.25) is 0 Å². The van der Waals surface area contributed by atoms with Crippen molar-refractivity contribution in [3.63, 3.8) is 0 Å². The van der Waals surface area contributed by atoms with Gasteiger partial charge in [-0.15, -0.1) is 0 Å². The average Bonchev–Trinajstić information content (AvgIpc) is 2.18. The second kappa shape index (κ2) is 3.53. The van der Waals surface area contributed by atoms with Crippen LogP contribution in [0.3, 0.4) is 0 Å². The Kier molecular flexibility index (Phi) is 2.55. The van der Waals surface area contributed by atoms with Crippen molar-refractivity contribution in [2.45, 2.75) is 26.1 Å². The normalized spacial score (nSPS) is 38.8. The molecule has 2 rings (SSSR count). The minimum atomic E-state index is -4.32. The molecule has 1 heterocycles. The molecule has 1 N–H and O–H groups in total. The number of halogens is 3. The smallest absolute Gasteiger partial charge is 0.335 e. The van der Waals surface area contributed by atoms with Crippen LogP contribution in [-0.4, -0.2) is 36.2 Å². The maximum Gasteiger partial charge on any atom is 0.406 e. The van der Waals surface area contributed by atoms with E-state index in [9.17, 15) is 18.0 Å². The number of nitrogens with zero attached hydrogens (tertiary/aromatic N) is 1. The van der Waals surface area contributed by atoms with Crippen LogP contribution in [0.15, 0.2) is 0 Å². The van der Waals surface area contributed by atoms with Crippen LogP contribution in [-0.2, 0) is 0 Å². The number of carbonyl (C=O) groups excluding carboxylic acids is 1. The van der Waals surface area contributed by atoms with Crippen LogP contribution in [0, 0.1) is 17.8 Å². The number of rotatable bonds is 1. The van der Waals surface area contributed by atoms with Crippen LogP contribution in [0.4, 0.5) is 18.0 Å². The molecule has 3 nitrogen and oxygen atoms in total. The SMILES string of the molecule is CC1C(C)C2NC(=O)N(CC(F)(F)F)CC12. The summed E-state index contributed by atoms with van der Waals surface area (Å²) < 4.78 is 36.6. The Morgan fingerprint density at radius 2 is 2.00 bits per heavy atom. The van der Waals surface area contributed by atoms with E-state index in [0.717, 1.165) is 4.90 Å². The zero-order chi connectivity index (χ0) is 12.1. The summed E-state index contributed by atoms with van der Waals surface area (Å²) >= 11 is 0. The van der Waals surface area contributed by atoms with Crippen molar-refractivity contribution < 1.29 is 18.0 Å². The number of nitrogens with one attached hydrogen (secondary N) is 1. The largest absolute Gasteiger partial charge is 0.406 e. The maximum atomic E-state index is 12.2. The molecule has 4 atom stereocenters. The summed E-state index contributed by atoms with van der Waals surface area (Å²) in [5.41, 5.74) is 0. The molecule has 92 valence electrons. The first kappa shape index (κ1) is 11.5. The maximum absolute atomic E-state index is 12.2. The van der Waals surface area contributed by atoms with E-state index >= 15 is 0 Å². The van der Waals surface area contributed by atoms with Gasteiger partial charge in [-0.25, -0.2) is 4.79 Å². The molecule has 2 fully saturated rings. The Balaban J connectivity index is 2.00. The Hall–Kier alpha value is -0.940. The topological polar surface area (TPSA) is 32.3 Å².